The summed E-state index contributed by atoms with van der Waals surface area (Å²) >= 11 is 0. The molecule has 0 aliphatic rings. The number of rotatable bonds is 2. The number of non-ortho nitro benzene ring substituents is 1. The maximum Gasteiger partial charge on any atom is 0.354 e. The molecule has 0 aliphatic carbocycles. The normalized spacial score (nSPS) is 10.5. The number of methoxy groups -OCH3 is 1. The summed E-state index contributed by atoms with van der Waals surface area (Å²) < 4.78 is 4.62. The van der Waals surface area contributed by atoms with Gasteiger partial charge < -0.3 is 9.72 Å². The third kappa shape index (κ3) is 1.73. The molecule has 0 radical (unpaired) electrons. The van der Waals surface area contributed by atoms with E-state index < -0.39 is 10.9 Å². The Kier molecular flexibility index (Phi) is 2.55. The lowest BCUT2D eigenvalue weighted by Crippen LogP contribution is -2.02. The van der Waals surface area contributed by atoms with Crippen molar-refractivity contribution in [1.29, 1.82) is 0 Å². The van der Waals surface area contributed by atoms with E-state index in [4.69, 9.17) is 0 Å². The van der Waals surface area contributed by atoms with Gasteiger partial charge in [0.25, 0.3) is 5.69 Å². The van der Waals surface area contributed by atoms with Gasteiger partial charge in [-0.15, -0.1) is 0 Å². The Morgan fingerprint density at radius 3 is 2.76 bits per heavy atom. The first kappa shape index (κ1) is 11.1. The van der Waals surface area contributed by atoms with Gasteiger partial charge >= 0.3 is 5.97 Å². The van der Waals surface area contributed by atoms with Gasteiger partial charge in [0.05, 0.1) is 12.0 Å². The maximum atomic E-state index is 11.4. The molecular formula is C11H10N2O4. The first-order chi connectivity index (χ1) is 8.04. The van der Waals surface area contributed by atoms with Gasteiger partial charge in [-0.25, -0.2) is 4.79 Å². The smallest absolute Gasteiger partial charge is 0.354 e. The monoisotopic (exact) mass is 234 g/mol. The summed E-state index contributed by atoms with van der Waals surface area (Å²) in [5.41, 5.74) is 1.64. The molecule has 2 aromatic rings. The van der Waals surface area contributed by atoms with E-state index in [2.05, 4.69) is 9.72 Å². The zero-order valence-electron chi connectivity index (χ0n) is 9.31. The number of nitrogens with zero attached hydrogens (tertiary/aromatic N) is 1. The minimum Gasteiger partial charge on any atom is -0.464 e. The van der Waals surface area contributed by atoms with Crippen LogP contribution in [0.3, 0.4) is 0 Å². The number of esters is 1. The third-order valence-electron chi connectivity index (χ3n) is 2.64. The molecule has 0 bridgehead atoms. The molecule has 0 atom stereocenters. The second kappa shape index (κ2) is 3.89. The van der Waals surface area contributed by atoms with Crippen LogP contribution in [-0.2, 0) is 4.74 Å². The number of aryl methyl sites for hydroxylation is 1. The summed E-state index contributed by atoms with van der Waals surface area (Å²) in [4.78, 5) is 24.5. The highest BCUT2D eigenvalue weighted by Crippen LogP contribution is 2.26. The minimum atomic E-state index is -0.485. The van der Waals surface area contributed by atoms with Gasteiger partial charge in [0.1, 0.15) is 5.69 Å². The van der Waals surface area contributed by atoms with E-state index in [1.807, 2.05) is 0 Å². The number of aromatic nitrogens is 1. The fourth-order valence-corrected chi connectivity index (χ4v) is 1.73. The largest absolute Gasteiger partial charge is 0.464 e. The second-order valence-corrected chi connectivity index (χ2v) is 3.60. The van der Waals surface area contributed by atoms with Crippen molar-refractivity contribution in [2.45, 2.75) is 6.92 Å². The van der Waals surface area contributed by atoms with E-state index in [1.54, 1.807) is 13.0 Å². The number of nitrogens with one attached hydrogen (secondary N) is 1. The minimum absolute atomic E-state index is 0.00369. The Labute approximate surface area is 96.3 Å². The molecule has 0 aliphatic heterocycles. The molecule has 1 aromatic carbocycles. The number of aromatic amines is 1. The van der Waals surface area contributed by atoms with Gasteiger partial charge in [-0.3, -0.25) is 10.1 Å². The fourth-order valence-electron chi connectivity index (χ4n) is 1.73. The standard InChI is InChI=1S/C11H10N2O4/c1-6-8-5-7(13(15)16)3-4-9(8)12-10(6)11(14)17-2/h3-5,12H,1-2H3. The highest BCUT2D eigenvalue weighted by atomic mass is 16.6. The molecule has 6 nitrogen and oxygen atoms in total. The van der Waals surface area contributed by atoms with Crippen LogP contribution < -0.4 is 0 Å². The van der Waals surface area contributed by atoms with E-state index in [0.717, 1.165) is 0 Å². The molecule has 88 valence electrons. The van der Waals surface area contributed by atoms with Crippen LogP contribution in [-0.4, -0.2) is 23.0 Å². The fraction of sp³-hybridized carbons (Fsp3) is 0.182. The summed E-state index contributed by atoms with van der Waals surface area (Å²) in [6.45, 7) is 1.72. The highest BCUT2D eigenvalue weighted by molar-refractivity contribution is 5.98. The zero-order valence-corrected chi connectivity index (χ0v) is 9.31. The number of carbonyl (C=O) groups is 1. The topological polar surface area (TPSA) is 85.2 Å². The molecule has 0 amide bonds. The van der Waals surface area contributed by atoms with Gasteiger partial charge in [0.2, 0.25) is 0 Å². The first-order valence-corrected chi connectivity index (χ1v) is 4.89. The maximum absolute atomic E-state index is 11.4. The number of nitro benzene ring substituents is 1. The molecule has 0 fully saturated rings. The predicted molar refractivity (Wildman–Crippen MR) is 61.0 cm³/mol. The Morgan fingerprint density at radius 1 is 1.47 bits per heavy atom. The van der Waals surface area contributed by atoms with Crippen molar-refractivity contribution in [2.24, 2.45) is 0 Å². The summed E-state index contributed by atoms with van der Waals surface area (Å²) in [7, 11) is 1.29. The molecule has 0 unspecified atom stereocenters. The van der Waals surface area contributed by atoms with Crippen molar-refractivity contribution in [3.05, 3.63) is 39.6 Å². The van der Waals surface area contributed by atoms with Crippen molar-refractivity contribution in [2.75, 3.05) is 7.11 Å². The Hall–Kier alpha value is -2.37. The summed E-state index contributed by atoms with van der Waals surface area (Å²) in [6.07, 6.45) is 0. The Morgan fingerprint density at radius 2 is 2.18 bits per heavy atom. The van der Waals surface area contributed by atoms with E-state index >= 15 is 0 Å². The summed E-state index contributed by atoms with van der Waals surface area (Å²) in [5, 5.41) is 11.3. The molecular weight excluding hydrogens is 224 g/mol. The molecule has 0 spiro atoms. The van der Waals surface area contributed by atoms with Crippen molar-refractivity contribution >= 4 is 22.6 Å². The van der Waals surface area contributed by atoms with Crippen LogP contribution >= 0.6 is 0 Å². The third-order valence-corrected chi connectivity index (χ3v) is 2.64. The average molecular weight is 234 g/mol. The molecule has 17 heavy (non-hydrogen) atoms. The first-order valence-electron chi connectivity index (χ1n) is 4.89. The molecule has 1 heterocycles. The molecule has 0 saturated carbocycles. The van der Waals surface area contributed by atoms with Crippen LogP contribution in [0.25, 0.3) is 10.9 Å². The van der Waals surface area contributed by atoms with Gasteiger partial charge in [-0.1, -0.05) is 0 Å². The van der Waals surface area contributed by atoms with Crippen LogP contribution in [0.1, 0.15) is 16.1 Å². The number of ether oxygens (including phenoxy) is 1. The number of hydrogen-bond donors (Lipinski definition) is 1. The van der Waals surface area contributed by atoms with Gasteiger partial charge in [0, 0.05) is 23.0 Å². The van der Waals surface area contributed by atoms with Crippen LogP contribution in [0.4, 0.5) is 5.69 Å². The lowest BCUT2D eigenvalue weighted by molar-refractivity contribution is -0.384. The van der Waals surface area contributed by atoms with E-state index in [-0.39, 0.29) is 5.69 Å². The van der Waals surface area contributed by atoms with E-state index in [9.17, 15) is 14.9 Å². The molecule has 6 heteroatoms. The molecule has 1 aromatic heterocycles. The number of H-pyrrole nitrogens is 1. The number of hydrogen-bond acceptors (Lipinski definition) is 4. The Balaban J connectivity index is 2.66. The van der Waals surface area contributed by atoms with Crippen LogP contribution in [0, 0.1) is 17.0 Å². The SMILES string of the molecule is COC(=O)c1[nH]c2ccc([N+](=O)[O-])cc2c1C. The van der Waals surface area contributed by atoms with E-state index in [0.29, 0.717) is 22.2 Å². The second-order valence-electron chi connectivity index (χ2n) is 3.60. The molecule has 2 rings (SSSR count). The van der Waals surface area contributed by atoms with Crippen molar-refractivity contribution in [1.82, 2.24) is 4.98 Å². The van der Waals surface area contributed by atoms with Crippen LogP contribution in [0.2, 0.25) is 0 Å². The van der Waals surface area contributed by atoms with Crippen LogP contribution in [0.5, 0.6) is 0 Å². The average Bonchev–Trinajstić information content (AvgIpc) is 2.65. The van der Waals surface area contributed by atoms with Gasteiger partial charge in [-0.05, 0) is 18.6 Å². The number of benzene rings is 1. The van der Waals surface area contributed by atoms with Crippen molar-refractivity contribution in [3.63, 3.8) is 0 Å². The molecule has 0 saturated heterocycles. The zero-order chi connectivity index (χ0) is 12.6. The number of fused-ring (bicyclic) bond motifs is 1. The predicted octanol–water partition coefficient (Wildman–Crippen LogP) is 2.17. The lowest BCUT2D eigenvalue weighted by Gasteiger charge is -1.96. The summed E-state index contributed by atoms with van der Waals surface area (Å²) in [5.74, 6) is -0.485. The number of carbonyl (C=O) groups excluding carboxylic acids is 1. The molecule has 1 N–H and O–H groups in total. The van der Waals surface area contributed by atoms with Gasteiger partial charge in [-0.2, -0.15) is 0 Å². The van der Waals surface area contributed by atoms with Crippen LogP contribution in [0.15, 0.2) is 18.2 Å². The highest BCUT2D eigenvalue weighted by Gasteiger charge is 2.17. The van der Waals surface area contributed by atoms with Crippen molar-refractivity contribution in [3.8, 4) is 0 Å². The number of nitro groups is 1. The van der Waals surface area contributed by atoms with Crippen molar-refractivity contribution < 1.29 is 14.5 Å². The summed E-state index contributed by atoms with van der Waals surface area (Å²) in [6, 6.07) is 4.40. The lowest BCUT2D eigenvalue weighted by atomic mass is 10.1. The van der Waals surface area contributed by atoms with E-state index in [1.165, 1.54) is 19.2 Å². The van der Waals surface area contributed by atoms with Gasteiger partial charge in [0.15, 0.2) is 0 Å². The quantitative estimate of drug-likeness (QED) is 0.490. The Bertz CT molecular complexity index is 615.